The average Bonchev–Trinajstić information content (AvgIpc) is 2.48. The Hall–Kier alpha value is -2.88. The second-order valence-corrected chi connectivity index (χ2v) is 4.40. The zero-order valence-corrected chi connectivity index (χ0v) is 11.8. The van der Waals surface area contributed by atoms with Crippen molar-refractivity contribution in [3.8, 4) is 6.07 Å². The molecule has 0 bridgehead atoms. The standard InChI is InChI=1S/C14H16N4O3/c1-3-10(2)17-14(19)11(8-15)9-16-12-4-6-13(7-5-12)18(20)21/h4-7,9-10,16H,3H2,1-2H3,(H,17,19)/b11-9-. The van der Waals surface area contributed by atoms with Crippen LogP contribution < -0.4 is 10.6 Å². The van der Waals surface area contributed by atoms with Gasteiger partial charge in [0, 0.05) is 30.1 Å². The van der Waals surface area contributed by atoms with E-state index < -0.39 is 10.8 Å². The highest BCUT2D eigenvalue weighted by Gasteiger charge is 2.11. The van der Waals surface area contributed by atoms with Crippen molar-refractivity contribution >= 4 is 17.3 Å². The zero-order valence-electron chi connectivity index (χ0n) is 11.8. The van der Waals surface area contributed by atoms with Crippen LogP contribution >= 0.6 is 0 Å². The summed E-state index contributed by atoms with van der Waals surface area (Å²) in [4.78, 5) is 21.8. The molecule has 0 saturated heterocycles. The molecule has 0 aromatic heterocycles. The van der Waals surface area contributed by atoms with Gasteiger partial charge in [-0.3, -0.25) is 14.9 Å². The van der Waals surface area contributed by atoms with E-state index in [4.69, 9.17) is 5.26 Å². The molecule has 0 spiro atoms. The maximum absolute atomic E-state index is 11.8. The van der Waals surface area contributed by atoms with Gasteiger partial charge in [0.15, 0.2) is 0 Å². The van der Waals surface area contributed by atoms with Crippen molar-refractivity contribution in [3.63, 3.8) is 0 Å². The van der Waals surface area contributed by atoms with Gasteiger partial charge in [0.25, 0.3) is 11.6 Å². The largest absolute Gasteiger partial charge is 0.360 e. The number of nitriles is 1. The summed E-state index contributed by atoms with van der Waals surface area (Å²) >= 11 is 0. The van der Waals surface area contributed by atoms with Crippen LogP contribution in [0.25, 0.3) is 0 Å². The lowest BCUT2D eigenvalue weighted by Crippen LogP contribution is -2.33. The van der Waals surface area contributed by atoms with Crippen LogP contribution in [0.4, 0.5) is 11.4 Å². The Morgan fingerprint density at radius 1 is 1.48 bits per heavy atom. The lowest BCUT2D eigenvalue weighted by molar-refractivity contribution is -0.384. The van der Waals surface area contributed by atoms with E-state index in [2.05, 4.69) is 10.6 Å². The number of carbonyl (C=O) groups excluding carboxylic acids is 1. The normalized spacial score (nSPS) is 12.1. The van der Waals surface area contributed by atoms with Crippen LogP contribution in [0.1, 0.15) is 20.3 Å². The third-order valence-corrected chi connectivity index (χ3v) is 2.82. The Morgan fingerprint density at radius 3 is 2.57 bits per heavy atom. The molecule has 1 aromatic rings. The van der Waals surface area contributed by atoms with Crippen molar-refractivity contribution in [2.75, 3.05) is 5.32 Å². The number of nitrogens with zero attached hydrogens (tertiary/aromatic N) is 2. The number of anilines is 1. The van der Waals surface area contributed by atoms with E-state index in [0.29, 0.717) is 5.69 Å². The molecule has 1 amide bonds. The fraction of sp³-hybridized carbons (Fsp3) is 0.286. The number of benzene rings is 1. The number of nitro groups is 1. The second-order valence-electron chi connectivity index (χ2n) is 4.40. The maximum Gasteiger partial charge on any atom is 0.269 e. The van der Waals surface area contributed by atoms with Crippen molar-refractivity contribution in [1.82, 2.24) is 5.32 Å². The molecule has 0 aliphatic rings. The highest BCUT2D eigenvalue weighted by Crippen LogP contribution is 2.15. The number of non-ortho nitro benzene ring substituents is 1. The predicted molar refractivity (Wildman–Crippen MR) is 78.3 cm³/mol. The van der Waals surface area contributed by atoms with Gasteiger partial charge in [0.2, 0.25) is 0 Å². The third-order valence-electron chi connectivity index (χ3n) is 2.82. The molecule has 7 heteroatoms. The van der Waals surface area contributed by atoms with Gasteiger partial charge in [-0.2, -0.15) is 5.26 Å². The van der Waals surface area contributed by atoms with Gasteiger partial charge < -0.3 is 10.6 Å². The zero-order chi connectivity index (χ0) is 15.8. The van der Waals surface area contributed by atoms with Crippen molar-refractivity contribution in [2.45, 2.75) is 26.3 Å². The van der Waals surface area contributed by atoms with Gasteiger partial charge in [-0.1, -0.05) is 6.92 Å². The molecule has 0 aliphatic heterocycles. The van der Waals surface area contributed by atoms with Crippen LogP contribution in [0.5, 0.6) is 0 Å². The van der Waals surface area contributed by atoms with Gasteiger partial charge in [0.05, 0.1) is 4.92 Å². The molecule has 0 fully saturated rings. The van der Waals surface area contributed by atoms with Crippen molar-refractivity contribution in [3.05, 3.63) is 46.2 Å². The Morgan fingerprint density at radius 2 is 2.10 bits per heavy atom. The first-order valence-electron chi connectivity index (χ1n) is 6.40. The highest BCUT2D eigenvalue weighted by molar-refractivity contribution is 5.97. The molecule has 1 aromatic carbocycles. The fourth-order valence-corrected chi connectivity index (χ4v) is 1.39. The van der Waals surface area contributed by atoms with Gasteiger partial charge in [0.1, 0.15) is 11.6 Å². The van der Waals surface area contributed by atoms with E-state index in [1.165, 1.54) is 30.5 Å². The van der Waals surface area contributed by atoms with E-state index in [-0.39, 0.29) is 17.3 Å². The molecule has 2 N–H and O–H groups in total. The van der Waals surface area contributed by atoms with Gasteiger partial charge in [-0.15, -0.1) is 0 Å². The molecule has 0 aliphatic carbocycles. The van der Waals surface area contributed by atoms with Gasteiger partial charge in [-0.25, -0.2) is 0 Å². The van der Waals surface area contributed by atoms with Gasteiger partial charge in [-0.05, 0) is 25.5 Å². The molecule has 0 radical (unpaired) electrons. The van der Waals surface area contributed by atoms with E-state index in [0.717, 1.165) is 6.42 Å². The van der Waals surface area contributed by atoms with E-state index in [1.807, 2.05) is 19.9 Å². The molecular formula is C14H16N4O3. The van der Waals surface area contributed by atoms with Crippen LogP contribution in [-0.4, -0.2) is 16.9 Å². The minimum Gasteiger partial charge on any atom is -0.360 e. The summed E-state index contributed by atoms with van der Waals surface area (Å²) in [7, 11) is 0. The number of rotatable bonds is 6. The van der Waals surface area contributed by atoms with Crippen molar-refractivity contribution < 1.29 is 9.72 Å². The Labute approximate surface area is 122 Å². The number of amides is 1. The summed E-state index contributed by atoms with van der Waals surface area (Å²) in [6.45, 7) is 3.77. The van der Waals surface area contributed by atoms with E-state index >= 15 is 0 Å². The molecule has 0 saturated carbocycles. The monoisotopic (exact) mass is 288 g/mol. The third kappa shape index (κ3) is 4.95. The topological polar surface area (TPSA) is 108 Å². The van der Waals surface area contributed by atoms with Crippen molar-refractivity contribution in [1.29, 1.82) is 5.26 Å². The Balaban J connectivity index is 2.74. The molecule has 1 atom stereocenters. The second kappa shape index (κ2) is 7.65. The SMILES string of the molecule is CCC(C)NC(=O)/C(C#N)=C\Nc1ccc([N+](=O)[O-])cc1. The summed E-state index contributed by atoms with van der Waals surface area (Å²) in [6.07, 6.45) is 2.04. The summed E-state index contributed by atoms with van der Waals surface area (Å²) < 4.78 is 0. The fourth-order valence-electron chi connectivity index (χ4n) is 1.39. The van der Waals surface area contributed by atoms with Crippen LogP contribution in [0.15, 0.2) is 36.0 Å². The maximum atomic E-state index is 11.8. The van der Waals surface area contributed by atoms with Crippen LogP contribution in [0.2, 0.25) is 0 Å². The number of nitro benzene ring substituents is 1. The average molecular weight is 288 g/mol. The summed E-state index contributed by atoms with van der Waals surface area (Å²) in [5, 5.41) is 24.9. The highest BCUT2D eigenvalue weighted by atomic mass is 16.6. The van der Waals surface area contributed by atoms with Gasteiger partial charge >= 0.3 is 0 Å². The first kappa shape index (κ1) is 16.2. The van der Waals surface area contributed by atoms with Crippen LogP contribution in [-0.2, 0) is 4.79 Å². The molecule has 0 heterocycles. The molecule has 1 rings (SSSR count). The molecular weight excluding hydrogens is 272 g/mol. The summed E-state index contributed by atoms with van der Waals surface area (Å²) in [5.74, 6) is -0.457. The van der Waals surface area contributed by atoms with E-state index in [9.17, 15) is 14.9 Å². The Kier molecular flexibility index (Phi) is 5.89. The molecule has 110 valence electrons. The smallest absolute Gasteiger partial charge is 0.269 e. The first-order valence-corrected chi connectivity index (χ1v) is 6.40. The number of nitrogens with one attached hydrogen (secondary N) is 2. The number of hydrogen-bond acceptors (Lipinski definition) is 5. The lowest BCUT2D eigenvalue weighted by Gasteiger charge is -2.10. The number of carbonyl (C=O) groups is 1. The number of hydrogen-bond donors (Lipinski definition) is 2. The first-order chi connectivity index (χ1) is 9.97. The quantitative estimate of drug-likeness (QED) is 0.361. The van der Waals surface area contributed by atoms with E-state index in [1.54, 1.807) is 0 Å². The summed E-state index contributed by atoms with van der Waals surface area (Å²) in [6, 6.07) is 7.45. The lowest BCUT2D eigenvalue weighted by atomic mass is 10.2. The Bertz CT molecular complexity index is 587. The summed E-state index contributed by atoms with van der Waals surface area (Å²) in [5.41, 5.74) is 0.456. The van der Waals surface area contributed by atoms with Crippen molar-refractivity contribution in [2.24, 2.45) is 0 Å². The molecule has 7 nitrogen and oxygen atoms in total. The van der Waals surface area contributed by atoms with Crippen LogP contribution in [0.3, 0.4) is 0 Å². The molecule has 1 unspecified atom stereocenters. The minimum absolute atomic E-state index is 0.0198. The van der Waals surface area contributed by atoms with Crippen LogP contribution in [0, 0.1) is 21.4 Å². The molecule has 21 heavy (non-hydrogen) atoms. The minimum atomic E-state index is -0.500. The predicted octanol–water partition coefficient (Wildman–Crippen LogP) is 2.33.